The van der Waals surface area contributed by atoms with E-state index in [1.807, 2.05) is 18.3 Å². The van der Waals surface area contributed by atoms with Crippen molar-refractivity contribution in [3.05, 3.63) is 53.9 Å². The highest BCUT2D eigenvalue weighted by atomic mass is 32.2. The molecule has 4 heterocycles. The van der Waals surface area contributed by atoms with Crippen molar-refractivity contribution in [2.75, 3.05) is 16.8 Å². The molecule has 1 aliphatic rings. The summed E-state index contributed by atoms with van der Waals surface area (Å²) in [7, 11) is 0. The number of aryl methyl sites for hydroxylation is 1. The van der Waals surface area contributed by atoms with Crippen molar-refractivity contribution in [3.63, 3.8) is 0 Å². The summed E-state index contributed by atoms with van der Waals surface area (Å²) in [5.74, 6) is 2.75. The molecular weight excluding hydrogens is 434 g/mol. The topological polar surface area (TPSA) is 81.4 Å². The van der Waals surface area contributed by atoms with E-state index in [1.54, 1.807) is 41.1 Å². The van der Waals surface area contributed by atoms with Gasteiger partial charge in [0.25, 0.3) is 0 Å². The predicted octanol–water partition coefficient (Wildman–Crippen LogP) is 4.99. The molecular formula is C20H19N7S3. The average Bonchev–Trinajstić information content (AvgIpc) is 3.48. The average molecular weight is 454 g/mol. The van der Waals surface area contributed by atoms with E-state index < -0.39 is 0 Å². The third-order valence-corrected chi connectivity index (χ3v) is 8.21. The highest BCUT2D eigenvalue weighted by molar-refractivity contribution is 8.01. The number of hydrogen-bond donors (Lipinski definition) is 1. The molecule has 1 aromatic carbocycles. The molecule has 0 aliphatic carbocycles. The van der Waals surface area contributed by atoms with Gasteiger partial charge in [0.2, 0.25) is 5.13 Å². The van der Waals surface area contributed by atoms with E-state index in [9.17, 15) is 0 Å². The highest BCUT2D eigenvalue weighted by Gasteiger charge is 2.29. The summed E-state index contributed by atoms with van der Waals surface area (Å²) in [5, 5.41) is 22.6. The maximum absolute atomic E-state index is 4.39. The number of nitrogens with zero attached hydrogens (tertiary/aromatic N) is 6. The van der Waals surface area contributed by atoms with Gasteiger partial charge >= 0.3 is 0 Å². The van der Waals surface area contributed by atoms with E-state index in [0.717, 1.165) is 43.2 Å². The Hall–Kier alpha value is -2.43. The minimum atomic E-state index is 0.305. The number of pyridine rings is 1. The van der Waals surface area contributed by atoms with E-state index in [0.29, 0.717) is 6.04 Å². The summed E-state index contributed by atoms with van der Waals surface area (Å²) < 4.78 is 3.18. The van der Waals surface area contributed by atoms with Gasteiger partial charge in [-0.3, -0.25) is 9.55 Å². The van der Waals surface area contributed by atoms with Crippen LogP contribution in [0.25, 0.3) is 11.4 Å². The van der Waals surface area contributed by atoms with Gasteiger partial charge in [0.1, 0.15) is 0 Å². The molecule has 5 rings (SSSR count). The third-order valence-electron chi connectivity index (χ3n) is 5.01. The van der Waals surface area contributed by atoms with Gasteiger partial charge in [-0.25, -0.2) is 0 Å². The number of anilines is 2. The van der Waals surface area contributed by atoms with Crippen LogP contribution in [0.2, 0.25) is 0 Å². The fourth-order valence-corrected chi connectivity index (χ4v) is 6.35. The number of nitrogens with one attached hydrogen (secondary N) is 1. The Morgan fingerprint density at radius 2 is 2.07 bits per heavy atom. The largest absolute Gasteiger partial charge is 0.330 e. The van der Waals surface area contributed by atoms with Crippen molar-refractivity contribution in [1.82, 2.24) is 29.9 Å². The quantitative estimate of drug-likeness (QED) is 0.409. The van der Waals surface area contributed by atoms with Crippen LogP contribution in [-0.2, 0) is 0 Å². The van der Waals surface area contributed by atoms with E-state index in [2.05, 4.69) is 67.3 Å². The maximum atomic E-state index is 4.39. The van der Waals surface area contributed by atoms with Crippen molar-refractivity contribution < 1.29 is 0 Å². The first-order valence-electron chi connectivity index (χ1n) is 9.46. The SMILES string of the molecule is Cc1cccc(Nc2nnc(SCC3CSc4nnc(-c5cccnc5)n43)s2)c1C. The van der Waals surface area contributed by atoms with E-state index >= 15 is 0 Å². The molecule has 0 spiro atoms. The Labute approximate surface area is 186 Å². The second-order valence-corrected chi connectivity index (χ2v) is 10.2. The van der Waals surface area contributed by atoms with Gasteiger partial charge in [0, 0.05) is 35.2 Å². The second-order valence-electron chi connectivity index (χ2n) is 6.94. The Balaban J connectivity index is 1.28. The zero-order valence-electron chi connectivity index (χ0n) is 16.4. The van der Waals surface area contributed by atoms with Crippen molar-refractivity contribution in [3.8, 4) is 11.4 Å². The van der Waals surface area contributed by atoms with E-state index in [1.165, 1.54) is 11.1 Å². The van der Waals surface area contributed by atoms with Crippen LogP contribution in [0, 0.1) is 13.8 Å². The van der Waals surface area contributed by atoms with Crippen molar-refractivity contribution in [2.24, 2.45) is 0 Å². The molecule has 3 aromatic heterocycles. The molecule has 4 aromatic rings. The molecule has 0 bridgehead atoms. The summed E-state index contributed by atoms with van der Waals surface area (Å²) >= 11 is 5.06. The molecule has 0 fully saturated rings. The minimum Gasteiger partial charge on any atom is -0.330 e. The Bertz CT molecular complexity index is 1170. The van der Waals surface area contributed by atoms with Crippen LogP contribution in [-0.4, -0.2) is 41.5 Å². The molecule has 152 valence electrons. The zero-order chi connectivity index (χ0) is 20.5. The molecule has 0 amide bonds. The maximum Gasteiger partial charge on any atom is 0.210 e. The molecule has 7 nitrogen and oxygen atoms in total. The molecule has 1 aliphatic heterocycles. The number of hydrogen-bond acceptors (Lipinski definition) is 9. The minimum absolute atomic E-state index is 0.305. The summed E-state index contributed by atoms with van der Waals surface area (Å²) in [6.45, 7) is 4.23. The third kappa shape index (κ3) is 3.82. The van der Waals surface area contributed by atoms with Crippen LogP contribution in [0.4, 0.5) is 10.8 Å². The summed E-state index contributed by atoms with van der Waals surface area (Å²) in [4.78, 5) is 4.22. The first-order valence-corrected chi connectivity index (χ1v) is 12.3. The van der Waals surface area contributed by atoms with Gasteiger partial charge in [0.15, 0.2) is 15.3 Å². The van der Waals surface area contributed by atoms with Crippen LogP contribution in [0.15, 0.2) is 52.2 Å². The number of fused-ring (bicyclic) bond motifs is 1. The number of benzene rings is 1. The summed E-state index contributed by atoms with van der Waals surface area (Å²) in [6.07, 6.45) is 3.60. The Morgan fingerprint density at radius 3 is 2.93 bits per heavy atom. The molecule has 0 saturated heterocycles. The smallest absolute Gasteiger partial charge is 0.210 e. The Kier molecular flexibility index (Phi) is 5.45. The van der Waals surface area contributed by atoms with Crippen LogP contribution in [0.1, 0.15) is 17.2 Å². The van der Waals surface area contributed by atoms with E-state index in [-0.39, 0.29) is 0 Å². The lowest BCUT2D eigenvalue weighted by Gasteiger charge is -2.13. The molecule has 0 radical (unpaired) electrons. The van der Waals surface area contributed by atoms with Crippen molar-refractivity contribution in [2.45, 2.75) is 29.4 Å². The zero-order valence-corrected chi connectivity index (χ0v) is 18.9. The standard InChI is InChI=1S/C20H19N7S3/c1-12-5-3-7-16(13(12)2)22-18-24-26-20(30-18)29-11-15-10-28-19-25-23-17(27(15)19)14-6-4-8-21-9-14/h3-9,15H,10-11H2,1-2H3,(H,22,24). The highest BCUT2D eigenvalue weighted by Crippen LogP contribution is 2.39. The van der Waals surface area contributed by atoms with Crippen molar-refractivity contribution in [1.29, 1.82) is 0 Å². The summed E-state index contributed by atoms with van der Waals surface area (Å²) in [6, 6.07) is 10.5. The predicted molar refractivity (Wildman–Crippen MR) is 123 cm³/mol. The number of aromatic nitrogens is 6. The fraction of sp³-hybridized carbons (Fsp3) is 0.250. The monoisotopic (exact) mass is 453 g/mol. The molecule has 10 heteroatoms. The van der Waals surface area contributed by atoms with Crippen molar-refractivity contribution >= 4 is 45.7 Å². The normalized spacial score (nSPS) is 15.3. The lowest BCUT2D eigenvalue weighted by atomic mass is 10.1. The first-order chi connectivity index (χ1) is 14.7. The second kappa shape index (κ2) is 8.37. The molecule has 1 unspecified atom stereocenters. The van der Waals surface area contributed by atoms with Gasteiger partial charge in [-0.2, -0.15) is 0 Å². The summed E-state index contributed by atoms with van der Waals surface area (Å²) in [5.41, 5.74) is 4.55. The Morgan fingerprint density at radius 1 is 1.13 bits per heavy atom. The van der Waals surface area contributed by atoms with Gasteiger partial charge in [-0.15, -0.1) is 20.4 Å². The number of thioether (sulfide) groups is 2. The van der Waals surface area contributed by atoms with Gasteiger partial charge < -0.3 is 5.32 Å². The van der Waals surface area contributed by atoms with Crippen LogP contribution < -0.4 is 5.32 Å². The van der Waals surface area contributed by atoms with Gasteiger partial charge in [0.05, 0.1) is 6.04 Å². The molecule has 30 heavy (non-hydrogen) atoms. The molecule has 1 N–H and O–H groups in total. The number of rotatable bonds is 6. The van der Waals surface area contributed by atoms with Gasteiger partial charge in [-0.1, -0.05) is 47.0 Å². The molecule has 1 atom stereocenters. The van der Waals surface area contributed by atoms with Crippen LogP contribution in [0.5, 0.6) is 0 Å². The van der Waals surface area contributed by atoms with Crippen LogP contribution >= 0.6 is 34.9 Å². The van der Waals surface area contributed by atoms with E-state index in [4.69, 9.17) is 0 Å². The van der Waals surface area contributed by atoms with Gasteiger partial charge in [-0.05, 0) is 43.2 Å². The lowest BCUT2D eigenvalue weighted by Crippen LogP contribution is -2.11. The fourth-order valence-electron chi connectivity index (χ4n) is 3.25. The first kappa shape index (κ1) is 19.5. The van der Waals surface area contributed by atoms with Crippen LogP contribution in [0.3, 0.4) is 0 Å². The lowest BCUT2D eigenvalue weighted by molar-refractivity contribution is 0.597. The molecule has 0 saturated carbocycles.